The zero-order valence-corrected chi connectivity index (χ0v) is 13.0. The molecule has 0 saturated heterocycles. The molecular formula is C19H26O2. The Morgan fingerprint density at radius 2 is 2.00 bits per heavy atom. The van der Waals surface area contributed by atoms with Crippen LogP contribution in [0.5, 0.6) is 5.75 Å². The summed E-state index contributed by atoms with van der Waals surface area (Å²) >= 11 is 0. The molecule has 21 heavy (non-hydrogen) atoms. The summed E-state index contributed by atoms with van der Waals surface area (Å²) in [6.07, 6.45) is 5.49. The number of fused-ring (bicyclic) bond motifs is 5. The Labute approximate surface area is 127 Å². The van der Waals surface area contributed by atoms with E-state index in [1.54, 1.807) is 0 Å². The van der Waals surface area contributed by atoms with Crippen LogP contribution in [0.3, 0.4) is 0 Å². The molecule has 3 aliphatic rings. The third-order valence-electron chi connectivity index (χ3n) is 7.01. The first kappa shape index (κ1) is 13.6. The van der Waals surface area contributed by atoms with Crippen LogP contribution in [-0.2, 0) is 6.42 Å². The van der Waals surface area contributed by atoms with Crippen molar-refractivity contribution in [3.8, 4) is 5.75 Å². The van der Waals surface area contributed by atoms with Crippen LogP contribution >= 0.6 is 0 Å². The van der Waals surface area contributed by atoms with Crippen molar-refractivity contribution in [2.45, 2.75) is 58.0 Å². The van der Waals surface area contributed by atoms with Crippen molar-refractivity contribution >= 4 is 0 Å². The number of hydrogen-bond acceptors (Lipinski definition) is 2. The molecule has 1 aromatic rings. The van der Waals surface area contributed by atoms with Crippen LogP contribution in [0.2, 0.25) is 0 Å². The summed E-state index contributed by atoms with van der Waals surface area (Å²) in [5.74, 6) is 3.06. The van der Waals surface area contributed by atoms with Gasteiger partial charge in [0.25, 0.3) is 0 Å². The molecule has 0 heterocycles. The van der Waals surface area contributed by atoms with Crippen molar-refractivity contribution in [3.05, 3.63) is 29.3 Å². The highest BCUT2D eigenvalue weighted by Gasteiger charge is 2.55. The number of phenolic OH excluding ortho intramolecular Hbond substituents is 1. The van der Waals surface area contributed by atoms with Crippen molar-refractivity contribution in [1.29, 1.82) is 0 Å². The molecule has 2 heteroatoms. The van der Waals surface area contributed by atoms with Crippen LogP contribution in [-0.4, -0.2) is 16.3 Å². The Balaban J connectivity index is 1.76. The topological polar surface area (TPSA) is 40.5 Å². The molecule has 0 aromatic heterocycles. The lowest BCUT2D eigenvalue weighted by Crippen LogP contribution is -2.46. The van der Waals surface area contributed by atoms with Gasteiger partial charge in [0.05, 0.1) is 6.10 Å². The maximum absolute atomic E-state index is 10.5. The highest BCUT2D eigenvalue weighted by Crippen LogP contribution is 2.62. The summed E-state index contributed by atoms with van der Waals surface area (Å²) < 4.78 is 0. The number of phenols is 1. The monoisotopic (exact) mass is 286 g/mol. The fourth-order valence-corrected chi connectivity index (χ4v) is 5.94. The van der Waals surface area contributed by atoms with E-state index in [4.69, 9.17) is 0 Å². The van der Waals surface area contributed by atoms with E-state index in [0.717, 1.165) is 19.3 Å². The Hall–Kier alpha value is -1.02. The highest BCUT2D eigenvalue weighted by molar-refractivity contribution is 5.40. The van der Waals surface area contributed by atoms with Gasteiger partial charge in [0.2, 0.25) is 0 Å². The second-order valence-electron chi connectivity index (χ2n) is 7.99. The third-order valence-corrected chi connectivity index (χ3v) is 7.01. The smallest absolute Gasteiger partial charge is 0.115 e. The summed E-state index contributed by atoms with van der Waals surface area (Å²) in [7, 11) is 0. The van der Waals surface area contributed by atoms with Crippen molar-refractivity contribution < 1.29 is 10.2 Å². The lowest BCUT2D eigenvalue weighted by molar-refractivity contribution is -0.0356. The minimum absolute atomic E-state index is 0.100. The molecule has 2 fully saturated rings. The van der Waals surface area contributed by atoms with Crippen LogP contribution in [0.4, 0.5) is 0 Å². The number of aliphatic hydroxyl groups is 1. The van der Waals surface area contributed by atoms with Crippen LogP contribution < -0.4 is 0 Å². The molecule has 0 radical (unpaired) electrons. The molecule has 1 aromatic carbocycles. The van der Waals surface area contributed by atoms with Gasteiger partial charge in [-0.05, 0) is 84.5 Å². The molecule has 2 saturated carbocycles. The normalized spacial score (nSPS) is 44.8. The van der Waals surface area contributed by atoms with Crippen molar-refractivity contribution in [1.82, 2.24) is 0 Å². The molecule has 4 rings (SSSR count). The van der Waals surface area contributed by atoms with E-state index in [9.17, 15) is 10.2 Å². The molecule has 0 aliphatic heterocycles. The quantitative estimate of drug-likeness (QED) is 0.760. The van der Waals surface area contributed by atoms with Crippen molar-refractivity contribution in [2.75, 3.05) is 0 Å². The second kappa shape index (κ2) is 4.49. The second-order valence-corrected chi connectivity index (χ2v) is 7.99. The van der Waals surface area contributed by atoms with E-state index in [1.165, 1.54) is 24.0 Å². The van der Waals surface area contributed by atoms with Gasteiger partial charge in [-0.15, -0.1) is 0 Å². The average Bonchev–Trinajstić information content (AvgIpc) is 2.74. The van der Waals surface area contributed by atoms with Gasteiger partial charge in [-0.1, -0.05) is 19.9 Å². The van der Waals surface area contributed by atoms with Gasteiger partial charge in [-0.2, -0.15) is 0 Å². The summed E-state index contributed by atoms with van der Waals surface area (Å²) in [4.78, 5) is 0. The van der Waals surface area contributed by atoms with Crippen LogP contribution in [0.1, 0.15) is 56.6 Å². The molecule has 2 N–H and O–H groups in total. The average molecular weight is 286 g/mol. The van der Waals surface area contributed by atoms with E-state index in [2.05, 4.69) is 19.9 Å². The summed E-state index contributed by atoms with van der Waals surface area (Å²) in [6.45, 7) is 4.70. The Morgan fingerprint density at radius 3 is 2.81 bits per heavy atom. The predicted octanol–water partition coefficient (Wildman–Crippen LogP) is 3.86. The molecule has 3 aliphatic carbocycles. The lowest BCUT2D eigenvalue weighted by Gasteiger charge is -2.52. The summed E-state index contributed by atoms with van der Waals surface area (Å²) in [5, 5.41) is 20.2. The van der Waals surface area contributed by atoms with Crippen LogP contribution in [0.15, 0.2) is 18.2 Å². The fraction of sp³-hybridized carbons (Fsp3) is 0.684. The van der Waals surface area contributed by atoms with E-state index in [1.807, 2.05) is 12.1 Å². The first-order valence-electron chi connectivity index (χ1n) is 8.50. The largest absolute Gasteiger partial charge is 0.508 e. The van der Waals surface area contributed by atoms with Crippen LogP contribution in [0, 0.1) is 23.2 Å². The maximum Gasteiger partial charge on any atom is 0.115 e. The molecule has 0 spiro atoms. The molecular weight excluding hydrogens is 260 g/mol. The molecule has 6 atom stereocenters. The van der Waals surface area contributed by atoms with Gasteiger partial charge < -0.3 is 10.2 Å². The summed E-state index contributed by atoms with van der Waals surface area (Å²) in [6, 6.07) is 5.98. The number of benzene rings is 1. The fourth-order valence-electron chi connectivity index (χ4n) is 5.94. The van der Waals surface area contributed by atoms with Crippen molar-refractivity contribution in [3.63, 3.8) is 0 Å². The number of aliphatic hydroxyl groups excluding tert-OH is 1. The first-order valence-corrected chi connectivity index (χ1v) is 8.50. The predicted molar refractivity (Wildman–Crippen MR) is 83.3 cm³/mol. The van der Waals surface area contributed by atoms with Gasteiger partial charge in [-0.3, -0.25) is 0 Å². The van der Waals surface area contributed by atoms with E-state index < -0.39 is 0 Å². The van der Waals surface area contributed by atoms with E-state index >= 15 is 0 Å². The third kappa shape index (κ3) is 1.81. The van der Waals surface area contributed by atoms with Gasteiger partial charge >= 0.3 is 0 Å². The zero-order chi connectivity index (χ0) is 14.8. The molecule has 0 bridgehead atoms. The molecule has 0 amide bonds. The number of aromatic hydroxyl groups is 1. The molecule has 1 unspecified atom stereocenters. The van der Waals surface area contributed by atoms with Gasteiger partial charge in [0, 0.05) is 0 Å². The van der Waals surface area contributed by atoms with Crippen LogP contribution in [0.25, 0.3) is 0 Å². The highest BCUT2D eigenvalue weighted by atomic mass is 16.3. The zero-order valence-electron chi connectivity index (χ0n) is 13.0. The molecule has 2 nitrogen and oxygen atoms in total. The van der Waals surface area contributed by atoms with Crippen molar-refractivity contribution in [2.24, 2.45) is 23.2 Å². The SMILES string of the molecule is CC1Cc2cc(O)ccc2[C@H]2CC[C@]3(C)[C@@H](O)CC[C@H]3[C@H]12. The number of rotatable bonds is 0. The Bertz CT molecular complexity index is 567. The Morgan fingerprint density at radius 1 is 1.19 bits per heavy atom. The minimum atomic E-state index is -0.100. The van der Waals surface area contributed by atoms with E-state index in [0.29, 0.717) is 29.4 Å². The maximum atomic E-state index is 10.5. The lowest BCUT2D eigenvalue weighted by atomic mass is 9.53. The van der Waals surface area contributed by atoms with Gasteiger partial charge in [-0.25, -0.2) is 0 Å². The van der Waals surface area contributed by atoms with Gasteiger partial charge in [0.15, 0.2) is 0 Å². The first-order chi connectivity index (χ1) is 10.0. The Kier molecular flexibility index (Phi) is 2.91. The molecule has 114 valence electrons. The standard InChI is InChI=1S/C19H26O2/c1-11-9-12-10-13(20)3-4-14(12)15-7-8-19(2)16(18(11)15)5-6-17(19)21/h3-4,10-11,15-18,20-21H,5-9H2,1-2H3/t11?,15-,16+,17+,18-,19+/m1/s1. The van der Waals surface area contributed by atoms with Gasteiger partial charge in [0.1, 0.15) is 5.75 Å². The van der Waals surface area contributed by atoms with E-state index in [-0.39, 0.29) is 11.5 Å². The summed E-state index contributed by atoms with van der Waals surface area (Å²) in [5.41, 5.74) is 2.97. The number of hydrogen-bond donors (Lipinski definition) is 2. The minimum Gasteiger partial charge on any atom is -0.508 e.